The number of alkyl halides is 2. The number of aryl methyl sites for hydroxylation is 2. The van der Waals surface area contributed by atoms with Crippen LogP contribution in [0.4, 0.5) is 25.8 Å². The van der Waals surface area contributed by atoms with Gasteiger partial charge in [0.05, 0.1) is 22.0 Å². The molecule has 2 N–H and O–H groups in total. The molecule has 3 aromatic rings. The van der Waals surface area contributed by atoms with Crippen molar-refractivity contribution in [1.29, 1.82) is 0 Å². The van der Waals surface area contributed by atoms with Gasteiger partial charge in [0, 0.05) is 12.1 Å². The summed E-state index contributed by atoms with van der Waals surface area (Å²) in [4.78, 5) is 10.3. The van der Waals surface area contributed by atoms with Crippen LogP contribution < -0.4 is 14.9 Å². The summed E-state index contributed by atoms with van der Waals surface area (Å²) in [5, 5.41) is 15.6. The molecule has 0 saturated carbocycles. The number of hydrogen-bond acceptors (Lipinski definition) is 7. The van der Waals surface area contributed by atoms with Crippen LogP contribution in [0, 0.1) is 24.0 Å². The zero-order chi connectivity index (χ0) is 26.5. The molecule has 12 heteroatoms. The quantitative estimate of drug-likeness (QED) is 0.197. The monoisotopic (exact) mass is 518 g/mol. The second-order valence-corrected chi connectivity index (χ2v) is 9.44. The Morgan fingerprint density at radius 3 is 2.31 bits per heavy atom. The predicted molar refractivity (Wildman–Crippen MR) is 133 cm³/mol. The van der Waals surface area contributed by atoms with Gasteiger partial charge in [0.1, 0.15) is 10.6 Å². The molecule has 0 aliphatic heterocycles. The summed E-state index contributed by atoms with van der Waals surface area (Å²) in [5.74, 6) is -0.0154. The van der Waals surface area contributed by atoms with E-state index in [1.165, 1.54) is 30.3 Å². The maximum absolute atomic E-state index is 13.2. The molecule has 0 unspecified atom stereocenters. The highest BCUT2D eigenvalue weighted by Crippen LogP contribution is 2.29. The molecule has 0 spiro atoms. The number of rotatable bonds is 10. The fourth-order valence-electron chi connectivity index (χ4n) is 3.37. The first-order valence-electron chi connectivity index (χ1n) is 10.8. The number of benzene rings is 3. The van der Waals surface area contributed by atoms with E-state index in [0.717, 1.165) is 17.7 Å². The van der Waals surface area contributed by atoms with Crippen molar-refractivity contribution in [2.45, 2.75) is 38.7 Å². The van der Waals surface area contributed by atoms with Crippen molar-refractivity contribution in [1.82, 2.24) is 0 Å². The van der Waals surface area contributed by atoms with Gasteiger partial charge in [-0.1, -0.05) is 24.6 Å². The van der Waals surface area contributed by atoms with Crippen LogP contribution in [0.25, 0.3) is 0 Å². The Morgan fingerprint density at radius 2 is 1.72 bits per heavy atom. The number of nitro benzene ring substituents is 1. The summed E-state index contributed by atoms with van der Waals surface area (Å²) in [6, 6.07) is 14.3. The summed E-state index contributed by atoms with van der Waals surface area (Å²) in [6.45, 7) is 2.47. The molecule has 0 heterocycles. The van der Waals surface area contributed by atoms with Crippen LogP contribution in [-0.4, -0.2) is 25.7 Å². The van der Waals surface area contributed by atoms with Gasteiger partial charge in [0.2, 0.25) is 0 Å². The van der Waals surface area contributed by atoms with E-state index < -0.39 is 27.2 Å². The van der Waals surface area contributed by atoms with E-state index >= 15 is 0 Å². The molecule has 0 atom stereocenters. The number of sulfonamides is 1. The highest BCUT2D eigenvalue weighted by molar-refractivity contribution is 7.92. The molecule has 0 aliphatic carbocycles. The number of halogens is 2. The molecule has 0 amide bonds. The second kappa shape index (κ2) is 11.1. The number of hydrazone groups is 1. The van der Waals surface area contributed by atoms with Gasteiger partial charge in [0.15, 0.2) is 0 Å². The van der Waals surface area contributed by atoms with E-state index in [-0.39, 0.29) is 16.3 Å². The molecule has 190 valence electrons. The van der Waals surface area contributed by atoms with Gasteiger partial charge in [-0.15, -0.1) is 0 Å². The zero-order valence-electron chi connectivity index (χ0n) is 19.7. The van der Waals surface area contributed by atoms with Gasteiger partial charge in [-0.25, -0.2) is 8.42 Å². The third-order valence-electron chi connectivity index (χ3n) is 5.15. The van der Waals surface area contributed by atoms with Crippen molar-refractivity contribution in [3.8, 4) is 5.75 Å². The largest absolute Gasteiger partial charge is 0.435 e. The van der Waals surface area contributed by atoms with Crippen molar-refractivity contribution >= 4 is 32.8 Å². The molecular weight excluding hydrogens is 494 g/mol. The smallest absolute Gasteiger partial charge is 0.387 e. The van der Waals surface area contributed by atoms with Gasteiger partial charge in [-0.2, -0.15) is 13.9 Å². The van der Waals surface area contributed by atoms with Crippen LogP contribution in [0.2, 0.25) is 0 Å². The fraction of sp³-hybridized carbons (Fsp3) is 0.208. The van der Waals surface area contributed by atoms with Crippen molar-refractivity contribution in [2.24, 2.45) is 5.10 Å². The Hall–Kier alpha value is -4.06. The van der Waals surface area contributed by atoms with Gasteiger partial charge in [-0.3, -0.25) is 20.3 Å². The van der Waals surface area contributed by atoms with Crippen molar-refractivity contribution in [2.75, 3.05) is 10.1 Å². The number of nitro groups is 1. The molecule has 3 rings (SSSR count). The molecule has 0 saturated heterocycles. The third kappa shape index (κ3) is 6.54. The van der Waals surface area contributed by atoms with E-state index in [0.29, 0.717) is 28.9 Å². The maximum atomic E-state index is 13.2. The minimum absolute atomic E-state index is 0.0152. The summed E-state index contributed by atoms with van der Waals surface area (Å²) in [7, 11) is -4.25. The first-order chi connectivity index (χ1) is 17.0. The Labute approximate surface area is 207 Å². The molecule has 0 fully saturated rings. The summed E-state index contributed by atoms with van der Waals surface area (Å²) in [5.41, 5.74) is 5.34. The molecule has 36 heavy (non-hydrogen) atoms. The van der Waals surface area contributed by atoms with Crippen LogP contribution in [0.1, 0.15) is 30.0 Å². The van der Waals surface area contributed by atoms with E-state index in [2.05, 4.69) is 20.0 Å². The number of anilines is 2. The third-order valence-corrected chi connectivity index (χ3v) is 6.56. The Morgan fingerprint density at radius 1 is 1.06 bits per heavy atom. The van der Waals surface area contributed by atoms with Gasteiger partial charge in [-0.05, 0) is 67.8 Å². The number of hydrogen-bond donors (Lipinski definition) is 2. The maximum Gasteiger partial charge on any atom is 0.387 e. The molecular formula is C24H24F2N4O5S. The van der Waals surface area contributed by atoms with Crippen LogP contribution >= 0.6 is 0 Å². The minimum Gasteiger partial charge on any atom is -0.435 e. The summed E-state index contributed by atoms with van der Waals surface area (Å²) < 4.78 is 58.1. The predicted octanol–water partition coefficient (Wildman–Crippen LogP) is 5.84. The van der Waals surface area contributed by atoms with Crippen molar-refractivity contribution in [3.63, 3.8) is 0 Å². The highest BCUT2D eigenvalue weighted by Gasteiger charge is 2.23. The van der Waals surface area contributed by atoms with Gasteiger partial charge < -0.3 is 4.74 Å². The SMILES string of the molecule is CCC(=NNc1ccc([N+](=O)[O-])cc1S(=O)(=O)Nc1ccc(C)cc1C)c1ccc(OC(F)F)cc1. The van der Waals surface area contributed by atoms with Gasteiger partial charge in [0.25, 0.3) is 15.7 Å². The summed E-state index contributed by atoms with van der Waals surface area (Å²) >= 11 is 0. The molecule has 0 aliphatic rings. The normalized spacial score (nSPS) is 11.9. The highest BCUT2D eigenvalue weighted by atomic mass is 32.2. The van der Waals surface area contributed by atoms with Crippen LogP contribution in [0.15, 0.2) is 70.7 Å². The minimum atomic E-state index is -4.25. The zero-order valence-corrected chi connectivity index (χ0v) is 20.5. The average molecular weight is 519 g/mol. The number of ether oxygens (including phenoxy) is 1. The Balaban J connectivity index is 1.96. The lowest BCUT2D eigenvalue weighted by molar-refractivity contribution is -0.385. The van der Waals surface area contributed by atoms with E-state index in [1.807, 2.05) is 6.92 Å². The second-order valence-electron chi connectivity index (χ2n) is 7.79. The van der Waals surface area contributed by atoms with Crippen molar-refractivity contribution in [3.05, 3.63) is 87.5 Å². The van der Waals surface area contributed by atoms with E-state index in [1.54, 1.807) is 32.0 Å². The van der Waals surface area contributed by atoms with Crippen LogP contribution in [0.3, 0.4) is 0 Å². The molecule has 0 radical (unpaired) electrons. The fourth-order valence-corrected chi connectivity index (χ4v) is 4.68. The topological polar surface area (TPSA) is 123 Å². The number of nitrogens with one attached hydrogen (secondary N) is 2. The number of non-ortho nitro benzene ring substituents is 1. The van der Waals surface area contributed by atoms with E-state index in [9.17, 15) is 27.3 Å². The van der Waals surface area contributed by atoms with Crippen LogP contribution in [-0.2, 0) is 10.0 Å². The van der Waals surface area contributed by atoms with Crippen LogP contribution in [0.5, 0.6) is 5.75 Å². The Bertz CT molecular complexity index is 1390. The van der Waals surface area contributed by atoms with E-state index in [4.69, 9.17) is 0 Å². The van der Waals surface area contributed by atoms with Crippen molar-refractivity contribution < 1.29 is 26.9 Å². The summed E-state index contributed by atoms with van der Waals surface area (Å²) in [6.07, 6.45) is 0.415. The molecule has 0 aromatic heterocycles. The average Bonchev–Trinajstić information content (AvgIpc) is 2.81. The molecule has 3 aromatic carbocycles. The Kier molecular flexibility index (Phi) is 8.20. The lowest BCUT2D eigenvalue weighted by atomic mass is 10.1. The molecule has 9 nitrogen and oxygen atoms in total. The standard InChI is InChI=1S/C24H24F2N4O5S/c1-4-20(17-6-9-19(10-7-17)35-24(25)26)27-28-22-12-8-18(30(31)32)14-23(22)36(33,34)29-21-11-5-15(2)13-16(21)3/h5-14,24,28-29H,4H2,1-3H3. The first kappa shape index (κ1) is 26.5. The lowest BCUT2D eigenvalue weighted by Crippen LogP contribution is -2.16. The number of nitrogens with zero attached hydrogens (tertiary/aromatic N) is 2. The molecule has 0 bridgehead atoms. The van der Waals surface area contributed by atoms with Gasteiger partial charge >= 0.3 is 6.61 Å². The first-order valence-corrected chi connectivity index (χ1v) is 12.2. The lowest BCUT2D eigenvalue weighted by Gasteiger charge is -2.14.